The van der Waals surface area contributed by atoms with E-state index in [1.807, 2.05) is 4.90 Å². The molecule has 4 heteroatoms. The molecule has 2 rings (SSSR count). The average molecular weight is 244 g/mol. The summed E-state index contributed by atoms with van der Waals surface area (Å²) in [5.74, 6) is 0. The molecule has 0 bridgehead atoms. The van der Waals surface area contributed by atoms with Crippen molar-refractivity contribution in [2.75, 3.05) is 59.4 Å². The van der Waals surface area contributed by atoms with Crippen molar-refractivity contribution < 1.29 is 20.4 Å². The molecule has 6 N–H and O–H groups in total. The van der Waals surface area contributed by atoms with Crippen LogP contribution in [0, 0.1) is 0 Å². The predicted molar refractivity (Wildman–Crippen MR) is 68.3 cm³/mol. The summed E-state index contributed by atoms with van der Waals surface area (Å²) in [7, 11) is 2.33. The Kier molecular flexibility index (Phi) is 4.42. The second-order valence-electron chi connectivity index (χ2n) is 6.19. The fraction of sp³-hybridized carbons (Fsp3) is 1.00. The van der Waals surface area contributed by atoms with Gasteiger partial charge in [0.15, 0.2) is 5.54 Å². The third-order valence-electron chi connectivity index (χ3n) is 5.35. The van der Waals surface area contributed by atoms with E-state index in [9.17, 15) is 0 Å². The number of nitrogens with one attached hydrogen (secondary N) is 3. The molecule has 4 nitrogen and oxygen atoms in total. The predicted octanol–water partition coefficient (Wildman–Crippen LogP) is -4.92. The average Bonchev–Trinajstić information content (AvgIpc) is 2.40. The van der Waals surface area contributed by atoms with Gasteiger partial charge >= 0.3 is 0 Å². The third-order valence-corrected chi connectivity index (χ3v) is 5.35. The summed E-state index contributed by atoms with van der Waals surface area (Å²) in [4.78, 5) is 5.38. The molecule has 0 saturated carbocycles. The fourth-order valence-corrected chi connectivity index (χ4v) is 3.72. The standard InChI is InChI=1S/C13H28N4/c1-3-16-8-10-17(11-9-16)13(12-14)4-6-15(2)7-5-13/h3-12,14H2,1-2H3/p+4. The van der Waals surface area contributed by atoms with E-state index >= 15 is 0 Å². The van der Waals surface area contributed by atoms with E-state index in [4.69, 9.17) is 0 Å². The van der Waals surface area contributed by atoms with Gasteiger partial charge in [0.2, 0.25) is 0 Å². The molecule has 0 aliphatic carbocycles. The molecule has 2 saturated heterocycles. The van der Waals surface area contributed by atoms with Gasteiger partial charge in [-0.05, 0) is 6.92 Å². The van der Waals surface area contributed by atoms with Crippen molar-refractivity contribution >= 4 is 0 Å². The van der Waals surface area contributed by atoms with Crippen LogP contribution in [-0.2, 0) is 0 Å². The Labute approximate surface area is 106 Å². The van der Waals surface area contributed by atoms with Crippen LogP contribution < -0.4 is 20.4 Å². The molecule has 0 amide bonds. The Bertz CT molecular complexity index is 228. The number of likely N-dealkylation sites (tertiary alicyclic amines) is 1. The molecular weight excluding hydrogens is 212 g/mol. The number of hydrogen-bond acceptors (Lipinski definition) is 0. The second-order valence-corrected chi connectivity index (χ2v) is 6.19. The summed E-state index contributed by atoms with van der Waals surface area (Å²) in [6.07, 6.45) is 2.78. The third kappa shape index (κ3) is 2.81. The lowest BCUT2D eigenvalue weighted by molar-refractivity contribution is -1.05. The lowest BCUT2D eigenvalue weighted by Gasteiger charge is -2.44. The van der Waals surface area contributed by atoms with Gasteiger partial charge in [-0.3, -0.25) is 0 Å². The summed E-state index contributed by atoms with van der Waals surface area (Å²) in [5.41, 5.74) is 4.81. The molecular formula is C13H32N4+4. The van der Waals surface area contributed by atoms with Crippen molar-refractivity contribution in [2.24, 2.45) is 0 Å². The molecule has 100 valence electrons. The highest BCUT2D eigenvalue weighted by molar-refractivity contribution is 4.80. The number of quaternary nitrogens is 4. The first-order valence-electron chi connectivity index (χ1n) is 7.49. The number of rotatable bonds is 3. The van der Waals surface area contributed by atoms with Crippen molar-refractivity contribution in [2.45, 2.75) is 25.3 Å². The van der Waals surface area contributed by atoms with E-state index in [-0.39, 0.29) is 0 Å². The van der Waals surface area contributed by atoms with E-state index in [1.165, 1.54) is 58.7 Å². The lowest BCUT2D eigenvalue weighted by Crippen LogP contribution is -3.33. The highest BCUT2D eigenvalue weighted by atomic mass is 15.3. The van der Waals surface area contributed by atoms with Crippen LogP contribution in [0.15, 0.2) is 0 Å². The molecule has 0 aromatic heterocycles. The van der Waals surface area contributed by atoms with Crippen molar-refractivity contribution in [1.82, 2.24) is 0 Å². The molecule has 2 heterocycles. The Hall–Kier alpha value is -0.160. The van der Waals surface area contributed by atoms with Crippen LogP contribution >= 0.6 is 0 Å². The van der Waals surface area contributed by atoms with Crippen LogP contribution in [0.5, 0.6) is 0 Å². The normalized spacial score (nSPS) is 43.6. The van der Waals surface area contributed by atoms with Crippen molar-refractivity contribution in [3.05, 3.63) is 0 Å². The smallest absolute Gasteiger partial charge is 0.158 e. The summed E-state index contributed by atoms with van der Waals surface area (Å²) < 4.78 is 0. The van der Waals surface area contributed by atoms with Crippen LogP contribution in [0.4, 0.5) is 0 Å². The maximum atomic E-state index is 4.28. The summed E-state index contributed by atoms with van der Waals surface area (Å²) in [6.45, 7) is 12.9. The number of piperazine rings is 1. The van der Waals surface area contributed by atoms with E-state index in [1.54, 1.807) is 9.80 Å². The van der Waals surface area contributed by atoms with Crippen LogP contribution in [0.2, 0.25) is 0 Å². The largest absolute Gasteiger partial charge is 0.352 e. The van der Waals surface area contributed by atoms with E-state index in [0.717, 1.165) is 6.54 Å². The van der Waals surface area contributed by atoms with Gasteiger partial charge in [-0.15, -0.1) is 0 Å². The number of piperidine rings is 1. The molecule has 17 heavy (non-hydrogen) atoms. The minimum absolute atomic E-state index is 0.527. The first-order valence-corrected chi connectivity index (χ1v) is 7.49. The summed E-state index contributed by atoms with van der Waals surface area (Å²) >= 11 is 0. The van der Waals surface area contributed by atoms with Gasteiger partial charge in [0.25, 0.3) is 0 Å². The van der Waals surface area contributed by atoms with Gasteiger partial charge in [-0.25, -0.2) is 0 Å². The van der Waals surface area contributed by atoms with Gasteiger partial charge in [0, 0.05) is 0 Å². The highest BCUT2D eigenvalue weighted by Crippen LogP contribution is 2.10. The van der Waals surface area contributed by atoms with Gasteiger partial charge in [-0.2, -0.15) is 0 Å². The molecule has 0 aromatic rings. The molecule has 0 unspecified atom stereocenters. The van der Waals surface area contributed by atoms with E-state index in [0.29, 0.717) is 5.54 Å². The Morgan fingerprint density at radius 1 is 1.00 bits per heavy atom. The summed E-state index contributed by atoms with van der Waals surface area (Å²) in [5, 5.41) is 0. The van der Waals surface area contributed by atoms with E-state index < -0.39 is 0 Å². The first kappa shape index (κ1) is 13.3. The maximum Gasteiger partial charge on any atom is 0.158 e. The summed E-state index contributed by atoms with van der Waals surface area (Å²) in [6, 6.07) is 0. The zero-order chi connectivity index (χ0) is 12.3. The van der Waals surface area contributed by atoms with Crippen molar-refractivity contribution in [3.63, 3.8) is 0 Å². The monoisotopic (exact) mass is 244 g/mol. The SMILES string of the molecule is CC[NH+]1CC[NH+](C2(C[NH3+])CC[NH+](C)CC2)CC1. The number of likely N-dealkylation sites (N-methyl/N-ethyl adjacent to an activating group) is 1. The first-order chi connectivity index (χ1) is 8.20. The van der Waals surface area contributed by atoms with Crippen LogP contribution in [-0.4, -0.2) is 64.9 Å². The molecule has 0 radical (unpaired) electrons. The quantitative estimate of drug-likeness (QED) is 0.384. The van der Waals surface area contributed by atoms with Gasteiger partial charge in [0.05, 0.1) is 39.5 Å². The van der Waals surface area contributed by atoms with Crippen LogP contribution in [0.1, 0.15) is 19.8 Å². The van der Waals surface area contributed by atoms with Crippen LogP contribution in [0.3, 0.4) is 0 Å². The zero-order valence-corrected chi connectivity index (χ0v) is 11.8. The maximum absolute atomic E-state index is 4.28. The van der Waals surface area contributed by atoms with Crippen molar-refractivity contribution in [1.29, 1.82) is 0 Å². The molecule has 2 aliphatic rings. The minimum Gasteiger partial charge on any atom is -0.352 e. The lowest BCUT2D eigenvalue weighted by atomic mass is 9.85. The highest BCUT2D eigenvalue weighted by Gasteiger charge is 2.47. The number of hydrogen-bond donors (Lipinski definition) is 4. The molecule has 2 fully saturated rings. The molecule has 2 aliphatic heterocycles. The zero-order valence-electron chi connectivity index (χ0n) is 11.8. The Morgan fingerprint density at radius 3 is 2.06 bits per heavy atom. The van der Waals surface area contributed by atoms with Gasteiger partial charge in [-0.1, -0.05) is 0 Å². The van der Waals surface area contributed by atoms with Gasteiger partial charge in [0.1, 0.15) is 32.7 Å². The Balaban J connectivity index is 1.94. The second kappa shape index (κ2) is 5.65. The Morgan fingerprint density at radius 2 is 1.59 bits per heavy atom. The van der Waals surface area contributed by atoms with E-state index in [2.05, 4.69) is 19.7 Å². The van der Waals surface area contributed by atoms with Crippen molar-refractivity contribution in [3.8, 4) is 0 Å². The molecule has 0 atom stereocenters. The minimum atomic E-state index is 0.527. The van der Waals surface area contributed by atoms with Gasteiger partial charge < -0.3 is 20.4 Å². The molecule has 0 aromatic carbocycles. The van der Waals surface area contributed by atoms with Crippen LogP contribution in [0.25, 0.3) is 0 Å². The topological polar surface area (TPSA) is 41.0 Å². The molecule has 0 spiro atoms. The fourth-order valence-electron chi connectivity index (χ4n) is 3.72.